The van der Waals surface area contributed by atoms with Gasteiger partial charge in [-0.1, -0.05) is 6.07 Å². The molecule has 144 valence electrons. The molecule has 0 radical (unpaired) electrons. The van der Waals surface area contributed by atoms with E-state index in [9.17, 15) is 9.90 Å². The molecule has 0 bridgehead atoms. The van der Waals surface area contributed by atoms with Crippen molar-refractivity contribution in [1.29, 1.82) is 0 Å². The molecule has 2 aliphatic rings. The van der Waals surface area contributed by atoms with E-state index in [0.717, 1.165) is 31.4 Å². The van der Waals surface area contributed by atoms with Crippen LogP contribution in [-0.4, -0.2) is 25.7 Å². The zero-order valence-electron chi connectivity index (χ0n) is 16.2. The third kappa shape index (κ3) is 2.74. The highest BCUT2D eigenvalue weighted by molar-refractivity contribution is 7.14. The minimum Gasteiger partial charge on any atom is -0.383 e. The molecule has 2 heterocycles. The monoisotopic (exact) mass is 393 g/mol. The van der Waals surface area contributed by atoms with Crippen LogP contribution in [0.2, 0.25) is 0 Å². The average Bonchev–Trinajstić information content (AvgIpc) is 3.44. The summed E-state index contributed by atoms with van der Waals surface area (Å²) in [6, 6.07) is 4.18. The van der Waals surface area contributed by atoms with Gasteiger partial charge in [0, 0.05) is 6.20 Å². The maximum Gasteiger partial charge on any atom is 0.223 e. The Morgan fingerprint density at radius 3 is 2.43 bits per heavy atom. The first-order valence-corrected chi connectivity index (χ1v) is 10.7. The molecule has 5 rings (SSSR count). The van der Waals surface area contributed by atoms with E-state index in [1.54, 1.807) is 32.3 Å². The van der Waals surface area contributed by atoms with Gasteiger partial charge >= 0.3 is 0 Å². The number of aliphatic hydroxyl groups is 1. The van der Waals surface area contributed by atoms with E-state index >= 15 is 0 Å². The van der Waals surface area contributed by atoms with Gasteiger partial charge in [-0.3, -0.25) is 4.79 Å². The average molecular weight is 394 g/mol. The predicted molar refractivity (Wildman–Crippen MR) is 108 cm³/mol. The van der Waals surface area contributed by atoms with Gasteiger partial charge < -0.3 is 5.11 Å². The fourth-order valence-corrected chi connectivity index (χ4v) is 5.35. The van der Waals surface area contributed by atoms with E-state index in [1.807, 2.05) is 4.68 Å². The number of thiazole rings is 1. The van der Waals surface area contributed by atoms with Gasteiger partial charge in [0.2, 0.25) is 5.78 Å². The minimum atomic E-state index is -1.05. The number of carbonyl (C=O) groups excluding carboxylic acids is 1. The fraction of sp³-hybridized carbons (Fsp3) is 0.409. The van der Waals surface area contributed by atoms with Crippen LogP contribution in [0.15, 0.2) is 24.5 Å². The van der Waals surface area contributed by atoms with E-state index in [0.29, 0.717) is 15.6 Å². The molecule has 3 aromatic rings. The number of fused-ring (bicyclic) bond motifs is 2. The van der Waals surface area contributed by atoms with Crippen LogP contribution in [0, 0.1) is 0 Å². The van der Waals surface area contributed by atoms with Crippen molar-refractivity contribution >= 4 is 17.1 Å². The molecule has 0 saturated carbocycles. The largest absolute Gasteiger partial charge is 0.383 e. The molecule has 0 unspecified atom stereocenters. The third-order valence-electron chi connectivity index (χ3n) is 5.78. The summed E-state index contributed by atoms with van der Waals surface area (Å²) < 4.78 is 1.86. The minimum absolute atomic E-state index is 0.0900. The van der Waals surface area contributed by atoms with Crippen LogP contribution < -0.4 is 0 Å². The summed E-state index contributed by atoms with van der Waals surface area (Å²) in [5, 5.41) is 15.3. The van der Waals surface area contributed by atoms with Crippen molar-refractivity contribution in [2.24, 2.45) is 0 Å². The van der Waals surface area contributed by atoms with Crippen molar-refractivity contribution in [3.8, 4) is 5.69 Å². The lowest BCUT2D eigenvalue weighted by Gasteiger charge is -2.17. The van der Waals surface area contributed by atoms with E-state index in [-0.39, 0.29) is 5.78 Å². The van der Waals surface area contributed by atoms with Crippen LogP contribution >= 0.6 is 11.3 Å². The molecule has 28 heavy (non-hydrogen) atoms. The third-order valence-corrected chi connectivity index (χ3v) is 7.09. The zero-order chi connectivity index (χ0) is 19.5. The van der Waals surface area contributed by atoms with Gasteiger partial charge in [0.25, 0.3) is 0 Å². The first kappa shape index (κ1) is 17.8. The summed E-state index contributed by atoms with van der Waals surface area (Å²) in [5.41, 5.74) is 6.23. The lowest BCUT2D eigenvalue weighted by molar-refractivity contribution is 0.0783. The standard InChI is InChI=1S/C22H23N3O2S/c1-22(2,27)21-23-12-18(28-21)20(26)17-9-10-24-25(17)19-15-7-3-5-13(15)11-14-6-4-8-16(14)19/h9-12,27H,3-8H2,1-2H3. The number of nitrogens with zero attached hydrogens (tertiary/aromatic N) is 3. The van der Waals surface area contributed by atoms with Crippen LogP contribution in [0.5, 0.6) is 0 Å². The molecule has 1 aromatic carbocycles. The summed E-state index contributed by atoms with van der Waals surface area (Å²) >= 11 is 1.25. The molecule has 0 amide bonds. The first-order valence-electron chi connectivity index (χ1n) is 9.88. The topological polar surface area (TPSA) is 68.0 Å². The van der Waals surface area contributed by atoms with E-state index in [1.165, 1.54) is 46.4 Å². The molecule has 0 saturated heterocycles. The van der Waals surface area contributed by atoms with Gasteiger partial charge in [-0.05, 0) is 80.7 Å². The number of hydrogen-bond donors (Lipinski definition) is 1. The van der Waals surface area contributed by atoms with Crippen molar-refractivity contribution in [2.75, 3.05) is 0 Å². The Morgan fingerprint density at radius 2 is 1.82 bits per heavy atom. The Hall–Kier alpha value is -2.31. The predicted octanol–water partition coefficient (Wildman–Crippen LogP) is 3.76. The molecular weight excluding hydrogens is 370 g/mol. The summed E-state index contributed by atoms with van der Waals surface area (Å²) in [7, 11) is 0. The van der Waals surface area contributed by atoms with Crippen LogP contribution in [0.1, 0.15) is 69.3 Å². The van der Waals surface area contributed by atoms with Crippen LogP contribution in [0.25, 0.3) is 5.69 Å². The van der Waals surface area contributed by atoms with Crippen molar-refractivity contribution in [2.45, 2.75) is 58.0 Å². The van der Waals surface area contributed by atoms with Gasteiger partial charge in [0.05, 0.1) is 16.8 Å². The van der Waals surface area contributed by atoms with Gasteiger partial charge in [0.1, 0.15) is 16.3 Å². The van der Waals surface area contributed by atoms with Crippen molar-refractivity contribution in [3.05, 3.63) is 62.4 Å². The molecular formula is C22H23N3O2S. The summed E-state index contributed by atoms with van der Waals surface area (Å²) in [5.74, 6) is -0.0900. The lowest BCUT2D eigenvalue weighted by Crippen LogP contribution is -2.14. The molecule has 5 nitrogen and oxygen atoms in total. The van der Waals surface area contributed by atoms with Crippen LogP contribution in [-0.2, 0) is 31.3 Å². The van der Waals surface area contributed by atoms with Gasteiger partial charge in [0.15, 0.2) is 0 Å². The Labute approximate surface area is 168 Å². The second-order valence-electron chi connectivity index (χ2n) is 8.25. The number of aryl methyl sites for hydroxylation is 2. The first-order chi connectivity index (χ1) is 13.4. The normalized spacial score (nSPS) is 15.7. The molecule has 0 fully saturated rings. The lowest BCUT2D eigenvalue weighted by atomic mass is 9.98. The Balaban J connectivity index is 1.62. The van der Waals surface area contributed by atoms with Crippen molar-refractivity contribution in [1.82, 2.24) is 14.8 Å². The number of rotatable bonds is 4. The highest BCUT2D eigenvalue weighted by atomic mass is 32.1. The van der Waals surface area contributed by atoms with E-state index in [2.05, 4.69) is 16.1 Å². The molecule has 2 aliphatic carbocycles. The number of ketones is 1. The van der Waals surface area contributed by atoms with Gasteiger partial charge in [-0.2, -0.15) is 5.10 Å². The van der Waals surface area contributed by atoms with Crippen LogP contribution in [0.4, 0.5) is 0 Å². The molecule has 0 aliphatic heterocycles. The maximum absolute atomic E-state index is 13.3. The van der Waals surface area contributed by atoms with E-state index in [4.69, 9.17) is 0 Å². The highest BCUT2D eigenvalue weighted by Gasteiger charge is 2.29. The van der Waals surface area contributed by atoms with Crippen molar-refractivity contribution in [3.63, 3.8) is 0 Å². The second kappa shape index (κ2) is 6.36. The van der Waals surface area contributed by atoms with Gasteiger partial charge in [-0.25, -0.2) is 9.67 Å². The SMILES string of the molecule is CC(C)(O)c1ncc(C(=O)c2ccnn2-c2c3c(cc4c2CCC4)CCC3)s1. The maximum atomic E-state index is 13.3. The zero-order valence-corrected chi connectivity index (χ0v) is 17.0. The molecule has 0 spiro atoms. The van der Waals surface area contributed by atoms with Crippen molar-refractivity contribution < 1.29 is 9.90 Å². The Kier molecular flexibility index (Phi) is 4.03. The fourth-order valence-electron chi connectivity index (χ4n) is 4.48. The van der Waals surface area contributed by atoms with E-state index < -0.39 is 5.60 Å². The quantitative estimate of drug-likeness (QED) is 0.685. The smallest absolute Gasteiger partial charge is 0.223 e. The molecule has 0 atom stereocenters. The number of hydrogen-bond acceptors (Lipinski definition) is 5. The number of aromatic nitrogens is 3. The highest BCUT2D eigenvalue weighted by Crippen LogP contribution is 2.38. The summed E-state index contributed by atoms with van der Waals surface area (Å²) in [6.07, 6.45) is 9.94. The molecule has 2 aromatic heterocycles. The molecule has 1 N–H and O–H groups in total. The summed E-state index contributed by atoms with van der Waals surface area (Å²) in [6.45, 7) is 3.36. The second-order valence-corrected chi connectivity index (χ2v) is 9.28. The Bertz CT molecular complexity index is 1060. The number of carbonyl (C=O) groups is 1. The molecule has 6 heteroatoms. The van der Waals surface area contributed by atoms with Gasteiger partial charge in [-0.15, -0.1) is 11.3 Å². The number of benzene rings is 1. The van der Waals surface area contributed by atoms with Crippen LogP contribution in [0.3, 0.4) is 0 Å². The Morgan fingerprint density at radius 1 is 1.14 bits per heavy atom. The summed E-state index contributed by atoms with van der Waals surface area (Å²) in [4.78, 5) is 18.1.